The van der Waals surface area contributed by atoms with Gasteiger partial charge < -0.3 is 10.2 Å². The highest BCUT2D eigenvalue weighted by Crippen LogP contribution is 2.37. The number of hydrogen-bond donors (Lipinski definition) is 1. The molecule has 1 aromatic carbocycles. The minimum Gasteiger partial charge on any atom is -0.416 e. The van der Waals surface area contributed by atoms with E-state index in [1.165, 1.54) is 0 Å². The quantitative estimate of drug-likeness (QED) is 0.341. The summed E-state index contributed by atoms with van der Waals surface area (Å²) in [5.41, 5.74) is 6.79. The lowest BCUT2D eigenvalue weighted by molar-refractivity contribution is 0.311. The molecule has 108 valence electrons. The Labute approximate surface area is 130 Å². The number of anilines is 1. The first kappa shape index (κ1) is 17.1. The van der Waals surface area contributed by atoms with Crippen molar-refractivity contribution in [3.63, 3.8) is 0 Å². The summed E-state index contributed by atoms with van der Waals surface area (Å²) in [6.07, 6.45) is 0. The lowest BCUT2D eigenvalue weighted by Crippen LogP contribution is -2.41. The SMILES string of the molecule is CC(C)(C)[Si](C)(C)OCCSc1cc(Br)ccc1N. The number of nitrogen functional groups attached to an aromatic ring is 1. The van der Waals surface area contributed by atoms with Crippen molar-refractivity contribution >= 4 is 41.7 Å². The zero-order valence-electron chi connectivity index (χ0n) is 12.4. The molecule has 2 nitrogen and oxygen atoms in total. The Morgan fingerprint density at radius 2 is 1.95 bits per heavy atom. The predicted molar refractivity (Wildman–Crippen MR) is 92.4 cm³/mol. The van der Waals surface area contributed by atoms with E-state index < -0.39 is 8.32 Å². The molecule has 2 N–H and O–H groups in total. The molecule has 1 rings (SSSR count). The topological polar surface area (TPSA) is 35.2 Å². The first-order valence-electron chi connectivity index (χ1n) is 6.45. The summed E-state index contributed by atoms with van der Waals surface area (Å²) in [5, 5.41) is 0.270. The van der Waals surface area contributed by atoms with Crippen LogP contribution in [0.15, 0.2) is 27.6 Å². The Morgan fingerprint density at radius 1 is 1.32 bits per heavy atom. The minimum absolute atomic E-state index is 0.270. The Hall–Kier alpha value is 0.0269. The van der Waals surface area contributed by atoms with Gasteiger partial charge >= 0.3 is 0 Å². The molecule has 0 unspecified atom stereocenters. The summed E-state index contributed by atoms with van der Waals surface area (Å²) in [7, 11) is -1.62. The van der Waals surface area contributed by atoms with Crippen LogP contribution >= 0.6 is 27.7 Å². The van der Waals surface area contributed by atoms with E-state index in [0.717, 1.165) is 27.4 Å². The van der Waals surface area contributed by atoms with E-state index in [2.05, 4.69) is 55.9 Å². The number of rotatable bonds is 5. The average Bonchev–Trinajstić information content (AvgIpc) is 2.27. The van der Waals surface area contributed by atoms with Crippen LogP contribution in [0.5, 0.6) is 0 Å². The van der Waals surface area contributed by atoms with Crippen LogP contribution in [0, 0.1) is 0 Å². The van der Waals surface area contributed by atoms with Gasteiger partial charge in [-0.05, 0) is 36.3 Å². The molecule has 0 saturated carbocycles. The molecule has 0 saturated heterocycles. The van der Waals surface area contributed by atoms with Gasteiger partial charge in [-0.3, -0.25) is 0 Å². The second-order valence-electron chi connectivity index (χ2n) is 6.14. The third-order valence-electron chi connectivity index (χ3n) is 3.59. The summed E-state index contributed by atoms with van der Waals surface area (Å²) in [6, 6.07) is 5.96. The van der Waals surface area contributed by atoms with Gasteiger partial charge in [-0.15, -0.1) is 11.8 Å². The van der Waals surface area contributed by atoms with E-state index in [9.17, 15) is 0 Å². The highest BCUT2D eigenvalue weighted by Gasteiger charge is 2.36. The zero-order chi connectivity index (χ0) is 14.7. The molecular formula is C14H24BrNOSSi. The fraction of sp³-hybridized carbons (Fsp3) is 0.571. The second-order valence-corrected chi connectivity index (χ2v) is 13.0. The van der Waals surface area contributed by atoms with Gasteiger partial charge in [0.25, 0.3) is 0 Å². The first-order chi connectivity index (χ1) is 8.63. The van der Waals surface area contributed by atoms with Crippen LogP contribution in [0.3, 0.4) is 0 Å². The van der Waals surface area contributed by atoms with Gasteiger partial charge in [-0.1, -0.05) is 36.7 Å². The van der Waals surface area contributed by atoms with Gasteiger partial charge in [0.15, 0.2) is 8.32 Å². The van der Waals surface area contributed by atoms with E-state index in [4.69, 9.17) is 10.2 Å². The molecular weight excluding hydrogens is 338 g/mol. The molecule has 1 aromatic rings. The fourth-order valence-electron chi connectivity index (χ4n) is 1.30. The number of hydrogen-bond acceptors (Lipinski definition) is 3. The molecule has 0 atom stereocenters. The third-order valence-corrected chi connectivity index (χ3v) is 9.65. The van der Waals surface area contributed by atoms with E-state index in [-0.39, 0.29) is 5.04 Å². The van der Waals surface area contributed by atoms with Crippen molar-refractivity contribution in [2.75, 3.05) is 18.1 Å². The Bertz CT molecular complexity index is 432. The van der Waals surface area contributed by atoms with Crippen LogP contribution in [0.4, 0.5) is 5.69 Å². The number of benzene rings is 1. The van der Waals surface area contributed by atoms with Gasteiger partial charge in [0, 0.05) is 27.4 Å². The van der Waals surface area contributed by atoms with Crippen LogP contribution in [0.1, 0.15) is 20.8 Å². The Balaban J connectivity index is 2.45. The Morgan fingerprint density at radius 3 is 2.53 bits per heavy atom. The Kier molecular flexibility index (Phi) is 5.98. The third kappa shape index (κ3) is 5.14. The molecule has 0 fully saturated rings. The molecule has 0 aliphatic heterocycles. The lowest BCUT2D eigenvalue weighted by atomic mass is 10.2. The molecule has 5 heteroatoms. The maximum absolute atomic E-state index is 6.15. The van der Waals surface area contributed by atoms with Crippen LogP contribution in [-0.4, -0.2) is 20.7 Å². The molecule has 0 heterocycles. The van der Waals surface area contributed by atoms with Crippen molar-refractivity contribution in [2.45, 2.75) is 43.8 Å². The molecule has 0 aliphatic rings. The number of nitrogens with two attached hydrogens (primary N) is 1. The summed E-state index contributed by atoms with van der Waals surface area (Å²) in [6.45, 7) is 12.1. The number of thioether (sulfide) groups is 1. The average molecular weight is 362 g/mol. The second kappa shape index (κ2) is 6.65. The van der Waals surface area contributed by atoms with Gasteiger partial charge in [0.05, 0.1) is 0 Å². The molecule has 0 bridgehead atoms. The van der Waals surface area contributed by atoms with Crippen LogP contribution in [-0.2, 0) is 4.43 Å². The lowest BCUT2D eigenvalue weighted by Gasteiger charge is -2.36. The van der Waals surface area contributed by atoms with E-state index in [0.29, 0.717) is 0 Å². The highest BCUT2D eigenvalue weighted by molar-refractivity contribution is 9.10. The molecule has 0 aromatic heterocycles. The number of halogens is 1. The van der Waals surface area contributed by atoms with Gasteiger partial charge in [-0.2, -0.15) is 0 Å². The van der Waals surface area contributed by atoms with Crippen LogP contribution < -0.4 is 5.73 Å². The van der Waals surface area contributed by atoms with Crippen molar-refractivity contribution < 1.29 is 4.43 Å². The van der Waals surface area contributed by atoms with E-state index in [1.54, 1.807) is 11.8 Å². The smallest absolute Gasteiger partial charge is 0.192 e. The molecule has 0 radical (unpaired) electrons. The minimum atomic E-state index is -1.62. The van der Waals surface area contributed by atoms with Crippen LogP contribution in [0.25, 0.3) is 0 Å². The molecule has 0 amide bonds. The van der Waals surface area contributed by atoms with Crippen molar-refractivity contribution in [3.05, 3.63) is 22.7 Å². The monoisotopic (exact) mass is 361 g/mol. The highest BCUT2D eigenvalue weighted by atomic mass is 79.9. The zero-order valence-corrected chi connectivity index (χ0v) is 15.8. The first-order valence-corrected chi connectivity index (χ1v) is 11.1. The van der Waals surface area contributed by atoms with Crippen molar-refractivity contribution in [1.29, 1.82) is 0 Å². The summed E-state index contributed by atoms with van der Waals surface area (Å²) in [4.78, 5) is 1.12. The van der Waals surface area contributed by atoms with E-state index >= 15 is 0 Å². The normalized spacial score (nSPS) is 12.7. The summed E-state index contributed by atoms with van der Waals surface area (Å²) >= 11 is 5.22. The van der Waals surface area contributed by atoms with Crippen molar-refractivity contribution in [2.24, 2.45) is 0 Å². The van der Waals surface area contributed by atoms with Crippen molar-refractivity contribution in [1.82, 2.24) is 0 Å². The van der Waals surface area contributed by atoms with Gasteiger partial charge in [-0.25, -0.2) is 0 Å². The predicted octanol–water partition coefficient (Wildman–Crippen LogP) is 5.15. The maximum Gasteiger partial charge on any atom is 0.192 e. The molecule has 0 spiro atoms. The molecule has 0 aliphatic carbocycles. The van der Waals surface area contributed by atoms with Crippen LogP contribution in [0.2, 0.25) is 18.1 Å². The van der Waals surface area contributed by atoms with E-state index in [1.807, 2.05) is 12.1 Å². The largest absolute Gasteiger partial charge is 0.416 e. The van der Waals surface area contributed by atoms with Gasteiger partial charge in [0.2, 0.25) is 0 Å². The fourth-order valence-corrected chi connectivity index (χ4v) is 3.84. The molecule has 19 heavy (non-hydrogen) atoms. The maximum atomic E-state index is 6.15. The summed E-state index contributed by atoms with van der Waals surface area (Å²) in [5.74, 6) is 0.938. The van der Waals surface area contributed by atoms with Crippen molar-refractivity contribution in [3.8, 4) is 0 Å². The standard InChI is InChI=1S/C14H24BrNOSSi/c1-14(2,3)19(4,5)17-8-9-18-13-10-11(15)6-7-12(13)16/h6-7,10H,8-9,16H2,1-5H3. The summed E-state index contributed by atoms with van der Waals surface area (Å²) < 4.78 is 7.22. The van der Waals surface area contributed by atoms with Gasteiger partial charge in [0.1, 0.15) is 0 Å².